The fourth-order valence-electron chi connectivity index (χ4n) is 3.38. The normalized spacial score (nSPS) is 20.4. The van der Waals surface area contributed by atoms with E-state index < -0.39 is 10.0 Å². The van der Waals surface area contributed by atoms with E-state index in [4.69, 9.17) is 0 Å². The second kappa shape index (κ2) is 7.01. The van der Waals surface area contributed by atoms with Gasteiger partial charge in [-0.3, -0.25) is 4.79 Å². The molecule has 23 heavy (non-hydrogen) atoms. The second-order valence-electron chi connectivity index (χ2n) is 6.31. The van der Waals surface area contributed by atoms with E-state index in [1.165, 1.54) is 4.31 Å². The number of carbonyl (C=O) groups is 1. The fourth-order valence-corrected chi connectivity index (χ4v) is 5.08. The van der Waals surface area contributed by atoms with Crippen molar-refractivity contribution in [3.8, 4) is 0 Å². The lowest BCUT2D eigenvalue weighted by atomic mass is 10.2. The van der Waals surface area contributed by atoms with E-state index in [9.17, 15) is 13.2 Å². The van der Waals surface area contributed by atoms with Gasteiger partial charge in [0.1, 0.15) is 0 Å². The molecule has 2 aliphatic heterocycles. The van der Waals surface area contributed by atoms with E-state index in [1.54, 1.807) is 24.3 Å². The van der Waals surface area contributed by atoms with Crippen molar-refractivity contribution < 1.29 is 13.2 Å². The number of nitrogens with zero attached hydrogens (tertiary/aromatic N) is 2. The molecule has 0 spiro atoms. The predicted octanol–water partition coefficient (Wildman–Crippen LogP) is 2.49. The molecule has 0 aliphatic carbocycles. The van der Waals surface area contributed by atoms with Gasteiger partial charge in [-0.25, -0.2) is 8.42 Å². The van der Waals surface area contributed by atoms with Crippen LogP contribution >= 0.6 is 0 Å². The number of amides is 1. The number of sulfonamides is 1. The molecule has 0 saturated carbocycles. The largest absolute Gasteiger partial charge is 0.339 e. The van der Waals surface area contributed by atoms with Crippen molar-refractivity contribution in [1.29, 1.82) is 0 Å². The molecule has 0 radical (unpaired) electrons. The molecule has 1 amide bonds. The summed E-state index contributed by atoms with van der Waals surface area (Å²) in [5, 5.41) is 0. The van der Waals surface area contributed by atoms with Gasteiger partial charge in [0.2, 0.25) is 10.0 Å². The Morgan fingerprint density at radius 3 is 2.04 bits per heavy atom. The van der Waals surface area contributed by atoms with Gasteiger partial charge in [0, 0.05) is 26.2 Å². The monoisotopic (exact) mass is 336 g/mol. The van der Waals surface area contributed by atoms with Crippen LogP contribution in [0, 0.1) is 0 Å². The Balaban J connectivity index is 1.92. The summed E-state index contributed by atoms with van der Waals surface area (Å²) in [6.45, 7) is 2.54. The van der Waals surface area contributed by atoms with Gasteiger partial charge in [-0.05, 0) is 37.8 Å². The summed E-state index contributed by atoms with van der Waals surface area (Å²) < 4.78 is 27.2. The molecule has 2 aliphatic rings. The Labute approximate surface area is 138 Å². The van der Waals surface area contributed by atoms with Crippen molar-refractivity contribution in [2.45, 2.75) is 43.4 Å². The number of benzene rings is 1. The summed E-state index contributed by atoms with van der Waals surface area (Å²) in [7, 11) is -3.58. The first-order valence-electron chi connectivity index (χ1n) is 8.49. The third-order valence-electron chi connectivity index (χ3n) is 4.69. The van der Waals surface area contributed by atoms with Crippen LogP contribution in [-0.2, 0) is 10.0 Å². The molecule has 0 aromatic heterocycles. The molecule has 6 heteroatoms. The minimum Gasteiger partial charge on any atom is -0.339 e. The fraction of sp³-hybridized carbons (Fsp3) is 0.588. The number of rotatable bonds is 3. The van der Waals surface area contributed by atoms with Crippen molar-refractivity contribution in [1.82, 2.24) is 9.21 Å². The standard InChI is InChI=1S/C17H24N2O3S/c20-17(18-11-5-1-2-6-12-18)15-9-3-4-10-16(15)23(21,22)19-13-7-8-14-19/h3-4,9-10H,1-2,5-8,11-14H2. The minimum absolute atomic E-state index is 0.148. The Morgan fingerprint density at radius 2 is 1.39 bits per heavy atom. The van der Waals surface area contributed by atoms with Crippen molar-refractivity contribution in [3.63, 3.8) is 0 Å². The molecular weight excluding hydrogens is 312 g/mol. The highest BCUT2D eigenvalue weighted by atomic mass is 32.2. The van der Waals surface area contributed by atoms with Gasteiger partial charge in [-0.1, -0.05) is 25.0 Å². The SMILES string of the molecule is O=C(c1ccccc1S(=O)(=O)N1CCCC1)N1CCCCCC1. The first kappa shape index (κ1) is 16.5. The lowest BCUT2D eigenvalue weighted by Crippen LogP contribution is -2.34. The summed E-state index contributed by atoms with van der Waals surface area (Å²) in [6, 6.07) is 6.66. The van der Waals surface area contributed by atoms with Crippen molar-refractivity contribution >= 4 is 15.9 Å². The van der Waals surface area contributed by atoms with Crippen molar-refractivity contribution in [2.75, 3.05) is 26.2 Å². The highest BCUT2D eigenvalue weighted by Gasteiger charge is 2.31. The van der Waals surface area contributed by atoms with E-state index in [1.807, 2.05) is 4.90 Å². The van der Waals surface area contributed by atoms with Crippen LogP contribution in [0.5, 0.6) is 0 Å². The maximum absolute atomic E-state index is 12.9. The van der Waals surface area contributed by atoms with Crippen LogP contribution in [-0.4, -0.2) is 49.7 Å². The average Bonchev–Trinajstić information content (AvgIpc) is 2.98. The first-order chi connectivity index (χ1) is 11.1. The molecule has 0 unspecified atom stereocenters. The number of hydrogen-bond acceptors (Lipinski definition) is 3. The average molecular weight is 336 g/mol. The molecular formula is C17H24N2O3S. The molecule has 3 rings (SSSR count). The highest BCUT2D eigenvalue weighted by molar-refractivity contribution is 7.89. The van der Waals surface area contributed by atoms with Crippen molar-refractivity contribution in [3.05, 3.63) is 29.8 Å². The van der Waals surface area contributed by atoms with E-state index in [0.717, 1.165) is 51.6 Å². The second-order valence-corrected chi connectivity index (χ2v) is 8.22. The molecule has 2 heterocycles. The van der Waals surface area contributed by atoms with Crippen LogP contribution in [0.4, 0.5) is 0 Å². The summed E-state index contributed by atoms with van der Waals surface area (Å²) in [5.74, 6) is -0.148. The maximum atomic E-state index is 12.9. The first-order valence-corrected chi connectivity index (χ1v) is 9.93. The molecule has 0 atom stereocenters. The van der Waals surface area contributed by atoms with Gasteiger partial charge in [-0.2, -0.15) is 4.31 Å². The van der Waals surface area contributed by atoms with Crippen LogP contribution < -0.4 is 0 Å². The molecule has 0 bridgehead atoms. The van der Waals surface area contributed by atoms with Gasteiger partial charge < -0.3 is 4.90 Å². The van der Waals surface area contributed by atoms with E-state index >= 15 is 0 Å². The van der Waals surface area contributed by atoms with Crippen LogP contribution in [0.25, 0.3) is 0 Å². The molecule has 2 fully saturated rings. The number of carbonyl (C=O) groups excluding carboxylic acids is 1. The lowest BCUT2D eigenvalue weighted by Gasteiger charge is -2.23. The number of hydrogen-bond donors (Lipinski definition) is 0. The van der Waals surface area contributed by atoms with Crippen LogP contribution in [0.15, 0.2) is 29.2 Å². The summed E-state index contributed by atoms with van der Waals surface area (Å²) >= 11 is 0. The molecule has 1 aromatic rings. The Morgan fingerprint density at radius 1 is 0.826 bits per heavy atom. The molecule has 5 nitrogen and oxygen atoms in total. The topological polar surface area (TPSA) is 57.7 Å². The van der Waals surface area contributed by atoms with Gasteiger partial charge in [0.15, 0.2) is 0 Å². The summed E-state index contributed by atoms with van der Waals surface area (Å²) in [5.41, 5.74) is 0.321. The highest BCUT2D eigenvalue weighted by Crippen LogP contribution is 2.25. The van der Waals surface area contributed by atoms with E-state index in [0.29, 0.717) is 18.7 Å². The third-order valence-corrected chi connectivity index (χ3v) is 6.65. The van der Waals surface area contributed by atoms with Crippen molar-refractivity contribution in [2.24, 2.45) is 0 Å². The number of likely N-dealkylation sites (tertiary alicyclic amines) is 1. The predicted molar refractivity (Wildman–Crippen MR) is 88.8 cm³/mol. The minimum atomic E-state index is -3.58. The summed E-state index contributed by atoms with van der Waals surface area (Å²) in [6.07, 6.45) is 6.04. The van der Waals surface area contributed by atoms with Crippen LogP contribution in [0.3, 0.4) is 0 Å². The molecule has 0 N–H and O–H groups in total. The van der Waals surface area contributed by atoms with Gasteiger partial charge >= 0.3 is 0 Å². The van der Waals surface area contributed by atoms with Crippen LogP contribution in [0.2, 0.25) is 0 Å². The van der Waals surface area contributed by atoms with Gasteiger partial charge in [0.05, 0.1) is 10.5 Å². The smallest absolute Gasteiger partial charge is 0.255 e. The Hall–Kier alpha value is -1.40. The third kappa shape index (κ3) is 3.43. The van der Waals surface area contributed by atoms with E-state index in [-0.39, 0.29) is 10.8 Å². The van der Waals surface area contributed by atoms with Gasteiger partial charge in [0.25, 0.3) is 5.91 Å². The summed E-state index contributed by atoms with van der Waals surface area (Å²) in [4.78, 5) is 14.9. The lowest BCUT2D eigenvalue weighted by molar-refractivity contribution is 0.0757. The molecule has 2 saturated heterocycles. The maximum Gasteiger partial charge on any atom is 0.255 e. The zero-order valence-corrected chi connectivity index (χ0v) is 14.2. The quantitative estimate of drug-likeness (QED) is 0.852. The molecule has 1 aromatic carbocycles. The Bertz CT molecular complexity index is 658. The van der Waals surface area contributed by atoms with Crippen LogP contribution in [0.1, 0.15) is 48.9 Å². The van der Waals surface area contributed by atoms with Gasteiger partial charge in [-0.15, -0.1) is 0 Å². The zero-order chi connectivity index (χ0) is 16.3. The zero-order valence-electron chi connectivity index (χ0n) is 13.4. The van der Waals surface area contributed by atoms with E-state index in [2.05, 4.69) is 0 Å². The Kier molecular flexibility index (Phi) is 5.02. The molecule has 126 valence electrons.